The van der Waals surface area contributed by atoms with Gasteiger partial charge in [0.2, 0.25) is 0 Å². The first kappa shape index (κ1) is 15.5. The third-order valence-corrected chi connectivity index (χ3v) is 4.48. The molecule has 1 aliphatic rings. The van der Waals surface area contributed by atoms with Crippen molar-refractivity contribution < 1.29 is 4.79 Å². The highest BCUT2D eigenvalue weighted by molar-refractivity contribution is 5.92. The maximum atomic E-state index is 12.3. The lowest BCUT2D eigenvalue weighted by Crippen LogP contribution is -2.39. The predicted octanol–water partition coefficient (Wildman–Crippen LogP) is 2.25. The van der Waals surface area contributed by atoms with E-state index < -0.39 is 0 Å². The molecule has 0 atom stereocenters. The van der Waals surface area contributed by atoms with Crippen LogP contribution in [0, 0.1) is 5.92 Å². The molecule has 0 bridgehead atoms. The fourth-order valence-corrected chi connectivity index (χ4v) is 3.07. The number of amides is 1. The van der Waals surface area contributed by atoms with Crippen molar-refractivity contribution in [1.29, 1.82) is 0 Å². The first-order valence-corrected chi connectivity index (χ1v) is 8.11. The summed E-state index contributed by atoms with van der Waals surface area (Å²) < 4.78 is 0. The van der Waals surface area contributed by atoms with Gasteiger partial charge >= 0.3 is 0 Å². The molecule has 1 aromatic carbocycles. The lowest BCUT2D eigenvalue weighted by molar-refractivity contribution is 0.0679. The zero-order valence-electron chi connectivity index (χ0n) is 13.1. The standard InChI is InChI=1S/C18H21N3O2/c22-17-9-8-16(19-20-17)18(23)21-12-10-15(11-13-21)7-6-14-4-2-1-3-5-14/h1-5,8-9,15H,6-7,10-13H2,(H,20,22). The van der Waals surface area contributed by atoms with Gasteiger partial charge in [-0.05, 0) is 43.2 Å². The molecule has 1 saturated heterocycles. The van der Waals surface area contributed by atoms with Crippen molar-refractivity contribution in [3.8, 4) is 0 Å². The van der Waals surface area contributed by atoms with Gasteiger partial charge in [-0.25, -0.2) is 5.10 Å². The molecule has 0 saturated carbocycles. The van der Waals surface area contributed by atoms with Gasteiger partial charge in [-0.3, -0.25) is 9.59 Å². The molecule has 1 N–H and O–H groups in total. The fourth-order valence-electron chi connectivity index (χ4n) is 3.07. The van der Waals surface area contributed by atoms with Gasteiger partial charge in [0.1, 0.15) is 5.69 Å². The average molecular weight is 311 g/mol. The van der Waals surface area contributed by atoms with Crippen molar-refractivity contribution in [2.24, 2.45) is 5.92 Å². The molecule has 23 heavy (non-hydrogen) atoms. The second-order valence-electron chi connectivity index (χ2n) is 6.07. The van der Waals surface area contributed by atoms with E-state index in [1.54, 1.807) is 0 Å². The first-order valence-electron chi connectivity index (χ1n) is 8.11. The Morgan fingerprint density at radius 2 is 1.87 bits per heavy atom. The van der Waals surface area contributed by atoms with Crippen molar-refractivity contribution in [2.75, 3.05) is 13.1 Å². The summed E-state index contributed by atoms with van der Waals surface area (Å²) >= 11 is 0. The summed E-state index contributed by atoms with van der Waals surface area (Å²) in [4.78, 5) is 25.2. The van der Waals surface area contributed by atoms with E-state index in [9.17, 15) is 9.59 Å². The van der Waals surface area contributed by atoms with E-state index in [-0.39, 0.29) is 11.5 Å². The van der Waals surface area contributed by atoms with E-state index in [4.69, 9.17) is 0 Å². The van der Waals surface area contributed by atoms with Gasteiger partial charge in [-0.1, -0.05) is 30.3 Å². The number of rotatable bonds is 4. The van der Waals surface area contributed by atoms with Gasteiger partial charge in [0.05, 0.1) is 0 Å². The maximum absolute atomic E-state index is 12.3. The molecule has 0 unspecified atom stereocenters. The molecule has 0 radical (unpaired) electrons. The highest BCUT2D eigenvalue weighted by Crippen LogP contribution is 2.23. The van der Waals surface area contributed by atoms with Crippen molar-refractivity contribution >= 4 is 5.91 Å². The molecule has 2 heterocycles. The number of likely N-dealkylation sites (tertiary alicyclic amines) is 1. The van der Waals surface area contributed by atoms with Crippen LogP contribution in [0.25, 0.3) is 0 Å². The van der Waals surface area contributed by atoms with Gasteiger partial charge < -0.3 is 4.90 Å². The van der Waals surface area contributed by atoms with E-state index in [0.717, 1.165) is 32.4 Å². The first-order chi connectivity index (χ1) is 11.2. The van der Waals surface area contributed by atoms with Crippen LogP contribution in [-0.4, -0.2) is 34.1 Å². The largest absolute Gasteiger partial charge is 0.337 e. The van der Waals surface area contributed by atoms with Crippen LogP contribution in [0.2, 0.25) is 0 Å². The van der Waals surface area contributed by atoms with E-state index in [1.807, 2.05) is 11.0 Å². The van der Waals surface area contributed by atoms with Gasteiger partial charge in [-0.15, -0.1) is 0 Å². The molecule has 1 aromatic heterocycles. The highest BCUT2D eigenvalue weighted by atomic mass is 16.2. The van der Waals surface area contributed by atoms with Crippen molar-refractivity contribution in [1.82, 2.24) is 15.1 Å². The minimum atomic E-state index is -0.291. The predicted molar refractivity (Wildman–Crippen MR) is 88.2 cm³/mol. The van der Waals surface area contributed by atoms with Crippen LogP contribution in [-0.2, 0) is 6.42 Å². The molecular formula is C18H21N3O2. The zero-order valence-corrected chi connectivity index (χ0v) is 13.1. The number of carbonyl (C=O) groups excluding carboxylic acids is 1. The lowest BCUT2D eigenvalue weighted by atomic mass is 9.90. The third kappa shape index (κ3) is 4.06. The number of nitrogens with zero attached hydrogens (tertiary/aromatic N) is 2. The van der Waals surface area contributed by atoms with Crippen LogP contribution in [0.1, 0.15) is 35.3 Å². The van der Waals surface area contributed by atoms with Crippen molar-refractivity contribution in [3.05, 3.63) is 64.1 Å². The fraction of sp³-hybridized carbons (Fsp3) is 0.389. The zero-order chi connectivity index (χ0) is 16.1. The molecular weight excluding hydrogens is 290 g/mol. The van der Waals surface area contributed by atoms with Crippen LogP contribution in [0.3, 0.4) is 0 Å². The number of aryl methyl sites for hydroxylation is 1. The number of H-pyrrole nitrogens is 1. The van der Waals surface area contributed by atoms with E-state index in [0.29, 0.717) is 11.6 Å². The number of aromatic nitrogens is 2. The lowest BCUT2D eigenvalue weighted by Gasteiger charge is -2.31. The third-order valence-electron chi connectivity index (χ3n) is 4.48. The average Bonchev–Trinajstić information content (AvgIpc) is 2.61. The number of piperidine rings is 1. The SMILES string of the molecule is O=C(c1ccc(=O)[nH]n1)N1CCC(CCc2ccccc2)CC1. The summed E-state index contributed by atoms with van der Waals surface area (Å²) in [6.07, 6.45) is 4.33. The summed E-state index contributed by atoms with van der Waals surface area (Å²) in [6.45, 7) is 1.53. The van der Waals surface area contributed by atoms with Gasteiger partial charge in [0.15, 0.2) is 0 Å². The molecule has 1 fully saturated rings. The Morgan fingerprint density at radius 1 is 1.13 bits per heavy atom. The molecule has 1 amide bonds. The molecule has 120 valence electrons. The van der Waals surface area contributed by atoms with Gasteiger partial charge in [0, 0.05) is 19.2 Å². The quantitative estimate of drug-likeness (QED) is 0.942. The number of benzene rings is 1. The van der Waals surface area contributed by atoms with E-state index in [2.05, 4.69) is 34.5 Å². The number of aromatic amines is 1. The Labute approximate surface area is 135 Å². The topological polar surface area (TPSA) is 66.1 Å². The number of hydrogen-bond acceptors (Lipinski definition) is 3. The molecule has 3 rings (SSSR count). The van der Waals surface area contributed by atoms with Crippen LogP contribution < -0.4 is 5.56 Å². The molecule has 1 aliphatic heterocycles. The minimum absolute atomic E-state index is 0.0947. The van der Waals surface area contributed by atoms with Crippen molar-refractivity contribution in [2.45, 2.75) is 25.7 Å². The molecule has 0 spiro atoms. The molecule has 0 aliphatic carbocycles. The Kier molecular flexibility index (Phi) is 4.86. The summed E-state index contributed by atoms with van der Waals surface area (Å²) in [5.41, 5.74) is 1.40. The van der Waals surface area contributed by atoms with Crippen LogP contribution >= 0.6 is 0 Å². The van der Waals surface area contributed by atoms with Gasteiger partial charge in [0.25, 0.3) is 11.5 Å². The second kappa shape index (κ2) is 7.22. The monoisotopic (exact) mass is 311 g/mol. The number of hydrogen-bond donors (Lipinski definition) is 1. The summed E-state index contributed by atoms with van der Waals surface area (Å²) in [5.74, 6) is 0.575. The Bertz CT molecular complexity index is 683. The van der Waals surface area contributed by atoms with Crippen LogP contribution in [0.15, 0.2) is 47.3 Å². The van der Waals surface area contributed by atoms with Crippen molar-refractivity contribution in [3.63, 3.8) is 0 Å². The molecule has 5 nitrogen and oxygen atoms in total. The molecule has 2 aromatic rings. The summed E-state index contributed by atoms with van der Waals surface area (Å²) in [5, 5.41) is 6.13. The number of carbonyl (C=O) groups is 1. The number of nitrogens with one attached hydrogen (secondary N) is 1. The Morgan fingerprint density at radius 3 is 2.52 bits per heavy atom. The minimum Gasteiger partial charge on any atom is -0.337 e. The summed E-state index contributed by atoms with van der Waals surface area (Å²) in [7, 11) is 0. The Hall–Kier alpha value is -2.43. The molecule has 5 heteroatoms. The van der Waals surface area contributed by atoms with E-state index >= 15 is 0 Å². The van der Waals surface area contributed by atoms with Crippen LogP contribution in [0.5, 0.6) is 0 Å². The normalized spacial score (nSPS) is 15.6. The maximum Gasteiger partial charge on any atom is 0.274 e. The smallest absolute Gasteiger partial charge is 0.274 e. The van der Waals surface area contributed by atoms with E-state index in [1.165, 1.54) is 24.1 Å². The van der Waals surface area contributed by atoms with Gasteiger partial charge in [-0.2, -0.15) is 5.10 Å². The highest BCUT2D eigenvalue weighted by Gasteiger charge is 2.24. The van der Waals surface area contributed by atoms with Crippen LogP contribution in [0.4, 0.5) is 0 Å². The second-order valence-corrected chi connectivity index (χ2v) is 6.07. The summed E-state index contributed by atoms with van der Waals surface area (Å²) in [6, 6.07) is 13.4. The Balaban J connectivity index is 1.49.